The monoisotopic (exact) mass is 246 g/mol. The van der Waals surface area contributed by atoms with Crippen molar-refractivity contribution in [3.8, 4) is 0 Å². The zero-order valence-electron chi connectivity index (χ0n) is 12.2. The van der Waals surface area contributed by atoms with E-state index < -0.39 is 0 Å². The van der Waals surface area contributed by atoms with Gasteiger partial charge in [-0.2, -0.15) is 0 Å². The number of likely N-dealkylation sites (N-methyl/N-ethyl adjacent to an activating group) is 1. The minimum absolute atomic E-state index is 0.0634. The number of nitrogens with two attached hydrogens (primary N) is 1. The van der Waals surface area contributed by atoms with Crippen molar-refractivity contribution in [2.24, 2.45) is 11.1 Å². The molecule has 2 heteroatoms. The van der Waals surface area contributed by atoms with Crippen molar-refractivity contribution in [3.05, 3.63) is 29.8 Å². The molecule has 1 aromatic rings. The summed E-state index contributed by atoms with van der Waals surface area (Å²) in [7, 11) is 0. The molecule has 1 aliphatic rings. The summed E-state index contributed by atoms with van der Waals surface area (Å²) >= 11 is 0. The Morgan fingerprint density at radius 1 is 1.33 bits per heavy atom. The molecule has 1 unspecified atom stereocenters. The highest BCUT2D eigenvalue weighted by molar-refractivity contribution is 5.56. The molecule has 0 aromatic heterocycles. The van der Waals surface area contributed by atoms with Crippen LogP contribution in [0.15, 0.2) is 24.3 Å². The predicted octanol–water partition coefficient (Wildman–Crippen LogP) is 3.34. The largest absolute Gasteiger partial charge is 0.364 e. The standard InChI is InChI=1S/C16H26N2/c1-5-18(14-9-7-6-8-13(14)2)16(4,12-17)15(3)10-11-15/h6-9H,5,10-12,17H2,1-4H3. The number of hydrogen-bond donors (Lipinski definition) is 1. The first-order valence-electron chi connectivity index (χ1n) is 7.02. The van der Waals surface area contributed by atoms with Gasteiger partial charge in [-0.25, -0.2) is 0 Å². The van der Waals surface area contributed by atoms with E-state index in [2.05, 4.69) is 56.9 Å². The van der Waals surface area contributed by atoms with Gasteiger partial charge in [0.25, 0.3) is 0 Å². The van der Waals surface area contributed by atoms with Crippen LogP contribution >= 0.6 is 0 Å². The second-order valence-corrected chi connectivity index (χ2v) is 6.07. The molecule has 0 spiro atoms. The van der Waals surface area contributed by atoms with Crippen LogP contribution in [0.25, 0.3) is 0 Å². The van der Waals surface area contributed by atoms with E-state index >= 15 is 0 Å². The molecule has 1 aliphatic carbocycles. The highest BCUT2D eigenvalue weighted by Crippen LogP contribution is 2.56. The fourth-order valence-electron chi connectivity index (χ4n) is 3.06. The van der Waals surface area contributed by atoms with E-state index in [0.29, 0.717) is 12.0 Å². The first-order valence-corrected chi connectivity index (χ1v) is 7.02. The zero-order chi connectivity index (χ0) is 13.4. The van der Waals surface area contributed by atoms with Crippen molar-refractivity contribution < 1.29 is 0 Å². The van der Waals surface area contributed by atoms with Gasteiger partial charge in [0.15, 0.2) is 0 Å². The Bertz CT molecular complexity index is 423. The summed E-state index contributed by atoms with van der Waals surface area (Å²) in [4.78, 5) is 2.51. The smallest absolute Gasteiger partial charge is 0.0549 e. The summed E-state index contributed by atoms with van der Waals surface area (Å²) in [6, 6.07) is 8.63. The highest BCUT2D eigenvalue weighted by Gasteiger charge is 2.55. The first-order chi connectivity index (χ1) is 8.48. The van der Waals surface area contributed by atoms with Crippen LogP contribution in [0.4, 0.5) is 5.69 Å². The van der Waals surface area contributed by atoms with Gasteiger partial charge in [-0.1, -0.05) is 25.1 Å². The summed E-state index contributed by atoms with van der Waals surface area (Å²) in [5, 5.41) is 0. The summed E-state index contributed by atoms with van der Waals surface area (Å²) in [6.07, 6.45) is 2.59. The van der Waals surface area contributed by atoms with Crippen molar-refractivity contribution in [2.45, 2.75) is 46.1 Å². The third-order valence-electron chi connectivity index (χ3n) is 5.02. The SMILES string of the molecule is CCN(c1ccccc1C)C(C)(CN)C1(C)CC1. The van der Waals surface area contributed by atoms with Crippen molar-refractivity contribution in [1.82, 2.24) is 0 Å². The molecule has 100 valence electrons. The van der Waals surface area contributed by atoms with E-state index in [-0.39, 0.29) is 5.54 Å². The summed E-state index contributed by atoms with van der Waals surface area (Å²) < 4.78 is 0. The second-order valence-electron chi connectivity index (χ2n) is 6.07. The molecule has 0 bridgehead atoms. The number of benzene rings is 1. The van der Waals surface area contributed by atoms with Crippen LogP contribution in [-0.2, 0) is 0 Å². The quantitative estimate of drug-likeness (QED) is 0.863. The van der Waals surface area contributed by atoms with Gasteiger partial charge in [-0.05, 0) is 50.7 Å². The fourth-order valence-corrected chi connectivity index (χ4v) is 3.06. The molecule has 1 fully saturated rings. The molecule has 0 amide bonds. The van der Waals surface area contributed by atoms with Gasteiger partial charge in [0.2, 0.25) is 0 Å². The van der Waals surface area contributed by atoms with Crippen LogP contribution in [0, 0.1) is 12.3 Å². The van der Waals surface area contributed by atoms with Crippen LogP contribution in [0.3, 0.4) is 0 Å². The summed E-state index contributed by atoms with van der Waals surface area (Å²) in [5.74, 6) is 0. The van der Waals surface area contributed by atoms with Gasteiger partial charge in [-0.15, -0.1) is 0 Å². The first kappa shape index (κ1) is 13.4. The van der Waals surface area contributed by atoms with Crippen LogP contribution in [0.1, 0.15) is 39.2 Å². The predicted molar refractivity (Wildman–Crippen MR) is 79.0 cm³/mol. The molecule has 0 saturated heterocycles. The average Bonchev–Trinajstić information content (AvgIpc) is 3.12. The third-order valence-corrected chi connectivity index (χ3v) is 5.02. The topological polar surface area (TPSA) is 29.3 Å². The molecule has 2 nitrogen and oxygen atoms in total. The Morgan fingerprint density at radius 2 is 1.94 bits per heavy atom. The number of anilines is 1. The molecule has 1 atom stereocenters. The minimum atomic E-state index is 0.0634. The number of para-hydroxylation sites is 1. The van der Waals surface area contributed by atoms with E-state index in [0.717, 1.165) is 6.54 Å². The summed E-state index contributed by atoms with van der Waals surface area (Å²) in [6.45, 7) is 10.8. The Kier molecular flexibility index (Phi) is 3.41. The lowest BCUT2D eigenvalue weighted by Gasteiger charge is -2.47. The van der Waals surface area contributed by atoms with Gasteiger partial charge in [0.1, 0.15) is 0 Å². The van der Waals surface area contributed by atoms with Crippen LogP contribution in [0.2, 0.25) is 0 Å². The number of rotatable bonds is 5. The molecule has 1 aromatic carbocycles. The summed E-state index contributed by atoms with van der Waals surface area (Å²) in [5.41, 5.74) is 9.26. The lowest BCUT2D eigenvalue weighted by Crippen LogP contribution is -2.57. The number of nitrogens with zero attached hydrogens (tertiary/aromatic N) is 1. The van der Waals surface area contributed by atoms with Crippen molar-refractivity contribution in [2.75, 3.05) is 18.0 Å². The third kappa shape index (κ3) is 1.93. The number of hydrogen-bond acceptors (Lipinski definition) is 2. The van der Waals surface area contributed by atoms with Gasteiger partial charge in [-0.3, -0.25) is 0 Å². The van der Waals surface area contributed by atoms with Gasteiger partial charge in [0, 0.05) is 18.8 Å². The highest BCUT2D eigenvalue weighted by atomic mass is 15.2. The maximum atomic E-state index is 6.16. The van der Waals surface area contributed by atoms with Gasteiger partial charge < -0.3 is 10.6 Å². The normalized spacial score (nSPS) is 20.3. The Hall–Kier alpha value is -1.02. The Labute approximate surface area is 111 Å². The van der Waals surface area contributed by atoms with Crippen molar-refractivity contribution in [1.29, 1.82) is 0 Å². The molecular weight excluding hydrogens is 220 g/mol. The molecule has 0 radical (unpaired) electrons. The lowest BCUT2D eigenvalue weighted by atomic mass is 9.81. The molecule has 2 N–H and O–H groups in total. The van der Waals surface area contributed by atoms with Crippen molar-refractivity contribution >= 4 is 5.69 Å². The van der Waals surface area contributed by atoms with E-state index in [9.17, 15) is 0 Å². The maximum absolute atomic E-state index is 6.16. The number of aryl methyl sites for hydroxylation is 1. The maximum Gasteiger partial charge on any atom is 0.0549 e. The van der Waals surface area contributed by atoms with E-state index in [4.69, 9.17) is 5.73 Å². The average molecular weight is 246 g/mol. The fraction of sp³-hybridized carbons (Fsp3) is 0.625. The van der Waals surface area contributed by atoms with Crippen LogP contribution in [0.5, 0.6) is 0 Å². The second kappa shape index (κ2) is 4.58. The van der Waals surface area contributed by atoms with E-state index in [1.54, 1.807) is 0 Å². The molecule has 18 heavy (non-hydrogen) atoms. The van der Waals surface area contributed by atoms with Gasteiger partial charge >= 0.3 is 0 Å². The zero-order valence-corrected chi connectivity index (χ0v) is 12.2. The van der Waals surface area contributed by atoms with Crippen LogP contribution in [-0.4, -0.2) is 18.6 Å². The molecule has 0 aliphatic heterocycles. The molecule has 0 heterocycles. The van der Waals surface area contributed by atoms with Gasteiger partial charge in [0.05, 0.1) is 5.54 Å². The van der Waals surface area contributed by atoms with E-state index in [1.165, 1.54) is 24.1 Å². The molecule has 1 saturated carbocycles. The Balaban J connectivity index is 2.42. The minimum Gasteiger partial charge on any atom is -0.364 e. The molecule has 2 rings (SSSR count). The van der Waals surface area contributed by atoms with Crippen LogP contribution < -0.4 is 10.6 Å². The molecular formula is C16H26N2. The van der Waals surface area contributed by atoms with E-state index in [1.807, 2.05) is 0 Å². The lowest BCUT2D eigenvalue weighted by molar-refractivity contribution is 0.280. The Morgan fingerprint density at radius 3 is 2.39 bits per heavy atom. The van der Waals surface area contributed by atoms with Crippen molar-refractivity contribution in [3.63, 3.8) is 0 Å².